The van der Waals surface area contributed by atoms with E-state index in [0.29, 0.717) is 6.54 Å². The molecule has 5 heteroatoms. The predicted molar refractivity (Wildman–Crippen MR) is 69.6 cm³/mol. The van der Waals surface area contributed by atoms with E-state index >= 15 is 0 Å². The predicted octanol–water partition coefficient (Wildman–Crippen LogP) is 0.234. The van der Waals surface area contributed by atoms with E-state index in [1.807, 2.05) is 18.2 Å². The van der Waals surface area contributed by atoms with Crippen molar-refractivity contribution in [2.75, 3.05) is 29.9 Å². The molecule has 3 N–H and O–H groups in total. The molecule has 0 aliphatic carbocycles. The van der Waals surface area contributed by atoms with Gasteiger partial charge in [-0.15, -0.1) is 0 Å². The Hall–Kier alpha value is -1.59. The summed E-state index contributed by atoms with van der Waals surface area (Å²) in [6.07, 6.45) is 0.547. The summed E-state index contributed by atoms with van der Waals surface area (Å²) in [5.41, 5.74) is 8.66. The van der Waals surface area contributed by atoms with Crippen molar-refractivity contribution in [2.24, 2.45) is 5.73 Å². The molecule has 1 amide bonds. The van der Waals surface area contributed by atoms with Gasteiger partial charge in [0.15, 0.2) is 0 Å². The topological polar surface area (TPSA) is 69.8 Å². The normalized spacial score (nSPS) is 26.9. The van der Waals surface area contributed by atoms with Crippen LogP contribution in [0.4, 0.5) is 11.4 Å². The van der Waals surface area contributed by atoms with Crippen molar-refractivity contribution in [2.45, 2.75) is 18.6 Å². The van der Waals surface area contributed by atoms with Crippen molar-refractivity contribution in [1.29, 1.82) is 0 Å². The smallest absolute Gasteiger partial charge is 0.248 e. The number of nitrogens with zero attached hydrogens (tertiary/aromatic N) is 2. The van der Waals surface area contributed by atoms with E-state index in [9.17, 15) is 9.90 Å². The molecule has 1 aromatic carbocycles. The molecule has 2 aliphatic heterocycles. The fraction of sp³-hybridized carbons (Fsp3) is 0.462. The van der Waals surface area contributed by atoms with E-state index < -0.39 is 6.04 Å². The summed E-state index contributed by atoms with van der Waals surface area (Å²) in [6.45, 7) is 1.51. The average Bonchev–Trinajstić information content (AvgIpc) is 2.89. The Morgan fingerprint density at radius 2 is 2.22 bits per heavy atom. The van der Waals surface area contributed by atoms with Gasteiger partial charge >= 0.3 is 0 Å². The first-order valence-electron chi connectivity index (χ1n) is 6.18. The Balaban J connectivity index is 1.95. The molecular weight excluding hydrogens is 230 g/mol. The highest BCUT2D eigenvalue weighted by Gasteiger charge is 2.33. The zero-order valence-electron chi connectivity index (χ0n) is 10.3. The minimum Gasteiger partial charge on any atom is -0.391 e. The lowest BCUT2D eigenvalue weighted by atomic mass is 10.1. The molecule has 2 atom stereocenters. The number of aliphatic hydroxyl groups is 1. The molecule has 1 fully saturated rings. The van der Waals surface area contributed by atoms with Gasteiger partial charge in [0.25, 0.3) is 0 Å². The molecule has 1 aromatic rings. The Labute approximate surface area is 106 Å². The number of β-amino-alcohol motifs (C(OH)–C–C–N with tert-alkyl or cyclic N) is 1. The summed E-state index contributed by atoms with van der Waals surface area (Å²) in [5.74, 6) is -0.0661. The van der Waals surface area contributed by atoms with Crippen LogP contribution >= 0.6 is 0 Å². The number of anilines is 2. The Morgan fingerprint density at radius 1 is 1.44 bits per heavy atom. The molecule has 2 heterocycles. The SMILES string of the molecule is CN1C(=O)C(N)c2ccc(N3CCC(O)C3)cc21. The Morgan fingerprint density at radius 3 is 2.89 bits per heavy atom. The molecule has 0 aromatic heterocycles. The molecule has 0 bridgehead atoms. The fourth-order valence-electron chi connectivity index (χ4n) is 2.72. The fourth-order valence-corrected chi connectivity index (χ4v) is 2.72. The quantitative estimate of drug-likeness (QED) is 0.745. The zero-order valence-corrected chi connectivity index (χ0v) is 10.3. The number of rotatable bonds is 1. The van der Waals surface area contributed by atoms with Gasteiger partial charge in [-0.2, -0.15) is 0 Å². The van der Waals surface area contributed by atoms with Gasteiger partial charge < -0.3 is 20.6 Å². The van der Waals surface area contributed by atoms with Gasteiger partial charge in [0.2, 0.25) is 5.91 Å². The van der Waals surface area contributed by atoms with E-state index in [2.05, 4.69) is 4.90 Å². The third-order valence-corrected chi connectivity index (χ3v) is 3.84. The van der Waals surface area contributed by atoms with Crippen molar-refractivity contribution in [3.05, 3.63) is 23.8 Å². The minimum absolute atomic E-state index is 0.0661. The molecule has 0 spiro atoms. The maximum absolute atomic E-state index is 11.8. The van der Waals surface area contributed by atoms with E-state index in [-0.39, 0.29) is 12.0 Å². The molecular formula is C13H17N3O2. The number of carbonyl (C=O) groups excluding carboxylic acids is 1. The van der Waals surface area contributed by atoms with Crippen LogP contribution < -0.4 is 15.5 Å². The third kappa shape index (κ3) is 1.59. The van der Waals surface area contributed by atoms with Gasteiger partial charge in [0.05, 0.1) is 11.8 Å². The molecule has 5 nitrogen and oxygen atoms in total. The molecule has 3 rings (SSSR count). The van der Waals surface area contributed by atoms with Crippen LogP contribution in [-0.4, -0.2) is 37.3 Å². The monoisotopic (exact) mass is 247 g/mol. The molecule has 18 heavy (non-hydrogen) atoms. The number of carbonyl (C=O) groups is 1. The van der Waals surface area contributed by atoms with Gasteiger partial charge in [0, 0.05) is 31.4 Å². The highest BCUT2D eigenvalue weighted by Crippen LogP contribution is 2.36. The summed E-state index contributed by atoms with van der Waals surface area (Å²) < 4.78 is 0. The van der Waals surface area contributed by atoms with E-state index in [1.54, 1.807) is 11.9 Å². The molecule has 2 aliphatic rings. The second-order valence-electron chi connectivity index (χ2n) is 5.01. The van der Waals surface area contributed by atoms with Crippen molar-refractivity contribution < 1.29 is 9.90 Å². The lowest BCUT2D eigenvalue weighted by molar-refractivity contribution is -0.118. The van der Waals surface area contributed by atoms with Gasteiger partial charge in [-0.3, -0.25) is 4.79 Å². The van der Waals surface area contributed by atoms with Crippen molar-refractivity contribution in [3.63, 3.8) is 0 Å². The minimum atomic E-state index is -0.539. The van der Waals surface area contributed by atoms with Crippen LogP contribution in [0.25, 0.3) is 0 Å². The van der Waals surface area contributed by atoms with E-state index in [4.69, 9.17) is 5.73 Å². The summed E-state index contributed by atoms with van der Waals surface area (Å²) in [6, 6.07) is 5.34. The lowest BCUT2D eigenvalue weighted by Gasteiger charge is -2.20. The van der Waals surface area contributed by atoms with Gasteiger partial charge in [-0.1, -0.05) is 6.07 Å². The lowest BCUT2D eigenvalue weighted by Crippen LogP contribution is -2.27. The second-order valence-corrected chi connectivity index (χ2v) is 5.01. The van der Waals surface area contributed by atoms with Gasteiger partial charge in [0.1, 0.15) is 6.04 Å². The highest BCUT2D eigenvalue weighted by molar-refractivity contribution is 6.04. The number of nitrogens with two attached hydrogens (primary N) is 1. The summed E-state index contributed by atoms with van der Waals surface area (Å²) in [4.78, 5) is 15.5. The molecule has 0 radical (unpaired) electrons. The van der Waals surface area contributed by atoms with Crippen molar-refractivity contribution in [3.8, 4) is 0 Å². The second kappa shape index (κ2) is 3.96. The summed E-state index contributed by atoms with van der Waals surface area (Å²) >= 11 is 0. The number of fused-ring (bicyclic) bond motifs is 1. The van der Waals surface area contributed by atoms with Crippen LogP contribution in [0, 0.1) is 0 Å². The van der Waals surface area contributed by atoms with Crippen LogP contribution in [0.2, 0.25) is 0 Å². The Kier molecular flexibility index (Phi) is 2.53. The standard InChI is InChI=1S/C13H17N3O2/c1-15-11-6-8(16-5-4-9(17)7-16)2-3-10(11)12(14)13(15)18/h2-3,6,9,12,17H,4-5,7,14H2,1H3. The number of aliphatic hydroxyl groups excluding tert-OH is 1. The maximum atomic E-state index is 11.8. The number of hydrogen-bond acceptors (Lipinski definition) is 4. The number of benzene rings is 1. The third-order valence-electron chi connectivity index (χ3n) is 3.84. The number of likely N-dealkylation sites (N-methyl/N-ethyl adjacent to an activating group) is 1. The van der Waals surface area contributed by atoms with E-state index in [0.717, 1.165) is 29.9 Å². The van der Waals surface area contributed by atoms with Crippen LogP contribution in [-0.2, 0) is 4.79 Å². The number of amides is 1. The maximum Gasteiger partial charge on any atom is 0.248 e. The molecule has 1 saturated heterocycles. The zero-order chi connectivity index (χ0) is 12.9. The van der Waals surface area contributed by atoms with E-state index in [1.165, 1.54) is 0 Å². The van der Waals surface area contributed by atoms with Crippen LogP contribution in [0.3, 0.4) is 0 Å². The van der Waals surface area contributed by atoms with Gasteiger partial charge in [-0.05, 0) is 18.6 Å². The van der Waals surface area contributed by atoms with Crippen molar-refractivity contribution in [1.82, 2.24) is 0 Å². The van der Waals surface area contributed by atoms with Crippen molar-refractivity contribution >= 4 is 17.3 Å². The first kappa shape index (κ1) is 11.5. The summed E-state index contributed by atoms with van der Waals surface area (Å²) in [7, 11) is 1.75. The first-order valence-corrected chi connectivity index (χ1v) is 6.18. The number of hydrogen-bond donors (Lipinski definition) is 2. The molecule has 96 valence electrons. The Bertz CT molecular complexity index is 503. The van der Waals surface area contributed by atoms with Gasteiger partial charge in [-0.25, -0.2) is 0 Å². The largest absolute Gasteiger partial charge is 0.391 e. The highest BCUT2D eigenvalue weighted by atomic mass is 16.3. The molecule has 2 unspecified atom stereocenters. The molecule has 0 saturated carbocycles. The van der Waals surface area contributed by atoms with Crippen LogP contribution in [0.5, 0.6) is 0 Å². The van der Waals surface area contributed by atoms with Crippen LogP contribution in [0.1, 0.15) is 18.0 Å². The first-order chi connectivity index (χ1) is 8.58. The van der Waals surface area contributed by atoms with Crippen LogP contribution in [0.15, 0.2) is 18.2 Å². The summed E-state index contributed by atoms with van der Waals surface area (Å²) in [5, 5.41) is 9.56. The average molecular weight is 247 g/mol.